The van der Waals surface area contributed by atoms with Gasteiger partial charge in [-0.3, -0.25) is 9.59 Å². The molecule has 1 heterocycles. The Balaban J connectivity index is 1.79. The second-order valence-electron chi connectivity index (χ2n) is 7.55. The van der Waals surface area contributed by atoms with Gasteiger partial charge in [-0.05, 0) is 70.1 Å². The van der Waals surface area contributed by atoms with Crippen molar-refractivity contribution in [1.29, 1.82) is 0 Å². The summed E-state index contributed by atoms with van der Waals surface area (Å²) in [4.78, 5) is 27.6. The zero-order valence-electron chi connectivity index (χ0n) is 15.5. The highest BCUT2D eigenvalue weighted by Gasteiger charge is 2.31. The SMILES string of the molecule is C[C@@H]1CCC[C@@H](C)N1C(=O)c1cc(Cl)ccc1NC(=O)C[C@H]1C=CCC1. The van der Waals surface area contributed by atoms with E-state index in [0.717, 1.165) is 32.1 Å². The molecule has 1 aliphatic carbocycles. The predicted molar refractivity (Wildman–Crippen MR) is 106 cm³/mol. The summed E-state index contributed by atoms with van der Waals surface area (Å²) < 4.78 is 0. The molecule has 3 rings (SSSR count). The quantitative estimate of drug-likeness (QED) is 0.750. The molecule has 0 bridgehead atoms. The molecule has 1 N–H and O–H groups in total. The monoisotopic (exact) mass is 374 g/mol. The number of amides is 2. The van der Waals surface area contributed by atoms with Gasteiger partial charge in [0.2, 0.25) is 5.91 Å². The maximum atomic E-state index is 13.2. The minimum Gasteiger partial charge on any atom is -0.333 e. The Morgan fingerprint density at radius 1 is 1.19 bits per heavy atom. The van der Waals surface area contributed by atoms with E-state index in [1.165, 1.54) is 0 Å². The molecule has 140 valence electrons. The van der Waals surface area contributed by atoms with E-state index >= 15 is 0 Å². The van der Waals surface area contributed by atoms with Crippen molar-refractivity contribution in [3.05, 3.63) is 40.9 Å². The number of carbonyl (C=O) groups excluding carboxylic acids is 2. The van der Waals surface area contributed by atoms with Crippen LogP contribution in [0.1, 0.15) is 62.7 Å². The lowest BCUT2D eigenvalue weighted by Crippen LogP contribution is -2.47. The summed E-state index contributed by atoms with van der Waals surface area (Å²) in [6.07, 6.45) is 9.87. The van der Waals surface area contributed by atoms with Crippen molar-refractivity contribution in [3.8, 4) is 0 Å². The molecule has 1 fully saturated rings. The summed E-state index contributed by atoms with van der Waals surface area (Å²) in [6, 6.07) is 5.50. The Bertz CT molecular complexity index is 706. The highest BCUT2D eigenvalue weighted by Crippen LogP contribution is 2.29. The maximum absolute atomic E-state index is 13.2. The number of hydrogen-bond donors (Lipinski definition) is 1. The summed E-state index contributed by atoms with van der Waals surface area (Å²) >= 11 is 6.15. The summed E-state index contributed by atoms with van der Waals surface area (Å²) in [5.41, 5.74) is 1.03. The van der Waals surface area contributed by atoms with Crippen LogP contribution in [0, 0.1) is 5.92 Å². The second kappa shape index (κ2) is 8.26. The minimum absolute atomic E-state index is 0.0525. The number of anilines is 1. The Morgan fingerprint density at radius 2 is 1.92 bits per heavy atom. The largest absolute Gasteiger partial charge is 0.333 e. The van der Waals surface area contributed by atoms with Gasteiger partial charge in [-0.1, -0.05) is 23.8 Å². The zero-order valence-corrected chi connectivity index (χ0v) is 16.3. The van der Waals surface area contributed by atoms with Crippen molar-refractivity contribution in [3.63, 3.8) is 0 Å². The number of rotatable bonds is 4. The fourth-order valence-corrected chi connectivity index (χ4v) is 4.24. The van der Waals surface area contributed by atoms with Crippen molar-refractivity contribution >= 4 is 29.1 Å². The van der Waals surface area contributed by atoms with E-state index in [1.807, 2.05) is 4.90 Å². The molecule has 1 aromatic carbocycles. The van der Waals surface area contributed by atoms with Crippen molar-refractivity contribution in [2.75, 3.05) is 5.32 Å². The van der Waals surface area contributed by atoms with Crippen molar-refractivity contribution < 1.29 is 9.59 Å². The van der Waals surface area contributed by atoms with Gasteiger partial charge in [0.25, 0.3) is 5.91 Å². The van der Waals surface area contributed by atoms with Gasteiger partial charge >= 0.3 is 0 Å². The molecule has 0 spiro atoms. The summed E-state index contributed by atoms with van der Waals surface area (Å²) in [6.45, 7) is 4.17. The molecule has 3 atom stereocenters. The highest BCUT2D eigenvalue weighted by atomic mass is 35.5. The van der Waals surface area contributed by atoms with Gasteiger partial charge in [-0.25, -0.2) is 0 Å². The van der Waals surface area contributed by atoms with Crippen LogP contribution < -0.4 is 5.32 Å². The lowest BCUT2D eigenvalue weighted by molar-refractivity contribution is -0.116. The molecular formula is C21H27ClN2O2. The summed E-state index contributed by atoms with van der Waals surface area (Å²) in [5.74, 6) is 0.185. The van der Waals surface area contributed by atoms with E-state index < -0.39 is 0 Å². The lowest BCUT2D eigenvalue weighted by Gasteiger charge is -2.39. The maximum Gasteiger partial charge on any atom is 0.256 e. The molecule has 0 aromatic heterocycles. The van der Waals surface area contributed by atoms with Crippen LogP contribution in [0.2, 0.25) is 5.02 Å². The van der Waals surface area contributed by atoms with Gasteiger partial charge in [0.05, 0.1) is 11.3 Å². The van der Waals surface area contributed by atoms with Gasteiger partial charge in [0.1, 0.15) is 0 Å². The van der Waals surface area contributed by atoms with Crippen LogP contribution in [0.5, 0.6) is 0 Å². The Hall–Kier alpha value is -1.81. The molecule has 1 aromatic rings. The third-order valence-corrected chi connectivity index (χ3v) is 5.71. The lowest BCUT2D eigenvalue weighted by atomic mass is 9.96. The average molecular weight is 375 g/mol. The van der Waals surface area contributed by atoms with Crippen molar-refractivity contribution in [2.24, 2.45) is 5.92 Å². The summed E-state index contributed by atoms with van der Waals surface area (Å²) in [7, 11) is 0. The third kappa shape index (κ3) is 4.29. The molecule has 1 saturated heterocycles. The summed E-state index contributed by atoms with van der Waals surface area (Å²) in [5, 5.41) is 3.44. The second-order valence-corrected chi connectivity index (χ2v) is 7.99. The standard InChI is InChI=1S/C21H27ClN2O2/c1-14-6-5-7-15(2)24(14)21(26)18-13-17(22)10-11-19(18)23-20(25)12-16-8-3-4-9-16/h3,8,10-11,13-16H,4-7,9,12H2,1-2H3,(H,23,25)/t14-,15-,16+/m1/s1. The van der Waals surface area contributed by atoms with E-state index in [1.54, 1.807) is 18.2 Å². The first-order chi connectivity index (χ1) is 12.5. The van der Waals surface area contributed by atoms with E-state index in [4.69, 9.17) is 11.6 Å². The molecule has 5 heteroatoms. The minimum atomic E-state index is -0.0577. The van der Waals surface area contributed by atoms with Gasteiger partial charge in [-0.15, -0.1) is 0 Å². The van der Waals surface area contributed by atoms with Crippen LogP contribution in [0.15, 0.2) is 30.4 Å². The fraction of sp³-hybridized carbons (Fsp3) is 0.524. The molecular weight excluding hydrogens is 348 g/mol. The molecule has 1 aliphatic heterocycles. The Kier molecular flexibility index (Phi) is 6.02. The van der Waals surface area contributed by atoms with Gasteiger partial charge < -0.3 is 10.2 Å². The Labute approximate surface area is 160 Å². The van der Waals surface area contributed by atoms with Crippen LogP contribution in [0.25, 0.3) is 0 Å². The van der Waals surface area contributed by atoms with Gasteiger partial charge in [0, 0.05) is 23.5 Å². The number of carbonyl (C=O) groups is 2. The number of benzene rings is 1. The number of piperidine rings is 1. The molecule has 0 saturated carbocycles. The van der Waals surface area contributed by atoms with E-state index in [2.05, 4.69) is 31.3 Å². The molecule has 0 radical (unpaired) electrons. The Morgan fingerprint density at radius 3 is 2.58 bits per heavy atom. The van der Waals surface area contributed by atoms with Crippen LogP contribution in [0.3, 0.4) is 0 Å². The fourth-order valence-electron chi connectivity index (χ4n) is 4.07. The number of likely N-dealkylation sites (tertiary alicyclic amines) is 1. The molecule has 0 unspecified atom stereocenters. The van der Waals surface area contributed by atoms with Crippen LogP contribution in [-0.2, 0) is 4.79 Å². The highest BCUT2D eigenvalue weighted by molar-refractivity contribution is 6.31. The van der Waals surface area contributed by atoms with Crippen LogP contribution in [-0.4, -0.2) is 28.8 Å². The molecule has 26 heavy (non-hydrogen) atoms. The first kappa shape index (κ1) is 19.0. The molecule has 2 aliphatic rings. The van der Waals surface area contributed by atoms with E-state index in [0.29, 0.717) is 28.6 Å². The van der Waals surface area contributed by atoms with E-state index in [9.17, 15) is 9.59 Å². The number of nitrogens with one attached hydrogen (secondary N) is 1. The first-order valence-corrected chi connectivity index (χ1v) is 9.92. The van der Waals surface area contributed by atoms with Crippen LogP contribution >= 0.6 is 11.6 Å². The number of hydrogen-bond acceptors (Lipinski definition) is 2. The van der Waals surface area contributed by atoms with Crippen LogP contribution in [0.4, 0.5) is 5.69 Å². The predicted octanol–water partition coefficient (Wildman–Crippen LogP) is 5.04. The van der Waals surface area contributed by atoms with Crippen molar-refractivity contribution in [1.82, 2.24) is 4.90 Å². The smallest absolute Gasteiger partial charge is 0.256 e. The zero-order chi connectivity index (χ0) is 18.7. The number of allylic oxidation sites excluding steroid dienone is 2. The molecule has 2 amide bonds. The topological polar surface area (TPSA) is 49.4 Å². The first-order valence-electron chi connectivity index (χ1n) is 9.54. The number of nitrogens with zero attached hydrogens (tertiary/aromatic N) is 1. The van der Waals surface area contributed by atoms with Gasteiger partial charge in [-0.2, -0.15) is 0 Å². The van der Waals surface area contributed by atoms with E-state index in [-0.39, 0.29) is 23.9 Å². The average Bonchev–Trinajstić information content (AvgIpc) is 3.09. The molecule has 4 nitrogen and oxygen atoms in total. The number of halogens is 1. The normalized spacial score (nSPS) is 25.3. The van der Waals surface area contributed by atoms with Gasteiger partial charge in [0.15, 0.2) is 0 Å². The van der Waals surface area contributed by atoms with Crippen molar-refractivity contribution in [2.45, 2.75) is 64.5 Å². The third-order valence-electron chi connectivity index (χ3n) is 5.47.